The van der Waals surface area contributed by atoms with E-state index in [0.717, 1.165) is 14.9 Å². The van der Waals surface area contributed by atoms with E-state index in [2.05, 4.69) is 21.2 Å². The molecule has 178 valence electrons. The number of benzene rings is 3. The summed E-state index contributed by atoms with van der Waals surface area (Å²) in [5.41, 5.74) is 1.64. The number of thioether (sulfide) groups is 1. The monoisotopic (exact) mass is 558 g/mol. The fourth-order valence-electron chi connectivity index (χ4n) is 3.16. The predicted octanol–water partition coefficient (Wildman–Crippen LogP) is 5.98. The van der Waals surface area contributed by atoms with Gasteiger partial charge in [-0.3, -0.25) is 19.3 Å². The van der Waals surface area contributed by atoms with Crippen molar-refractivity contribution in [2.75, 3.05) is 11.9 Å². The highest BCUT2D eigenvalue weighted by molar-refractivity contribution is 9.10. The molecule has 1 aliphatic rings. The third kappa shape index (κ3) is 6.34. The van der Waals surface area contributed by atoms with Gasteiger partial charge in [0.1, 0.15) is 30.5 Å². The average molecular weight is 559 g/mol. The van der Waals surface area contributed by atoms with Gasteiger partial charge in [-0.15, -0.1) is 0 Å². The lowest BCUT2D eigenvalue weighted by atomic mass is 10.1. The van der Waals surface area contributed by atoms with E-state index in [0.29, 0.717) is 28.8 Å². The molecule has 1 saturated heterocycles. The van der Waals surface area contributed by atoms with Crippen molar-refractivity contribution in [1.82, 2.24) is 4.90 Å². The van der Waals surface area contributed by atoms with Crippen LogP contribution in [0.15, 0.2) is 76.1 Å². The predicted molar refractivity (Wildman–Crippen MR) is 133 cm³/mol. The highest BCUT2D eigenvalue weighted by Gasteiger charge is 2.36. The van der Waals surface area contributed by atoms with E-state index in [1.54, 1.807) is 30.3 Å². The molecule has 0 aromatic heterocycles. The lowest BCUT2D eigenvalue weighted by Gasteiger charge is -2.12. The van der Waals surface area contributed by atoms with Crippen molar-refractivity contribution < 1.29 is 27.9 Å². The molecule has 1 aliphatic heterocycles. The summed E-state index contributed by atoms with van der Waals surface area (Å²) < 4.78 is 32.8. The van der Waals surface area contributed by atoms with E-state index in [1.807, 2.05) is 0 Å². The number of carbonyl (C=O) groups is 3. The van der Waals surface area contributed by atoms with Crippen LogP contribution in [0.25, 0.3) is 6.08 Å². The molecule has 1 fully saturated rings. The minimum atomic E-state index is -0.612. The summed E-state index contributed by atoms with van der Waals surface area (Å²) in [5.74, 6) is -1.55. The normalized spacial score (nSPS) is 14.5. The number of hydrogen-bond acceptors (Lipinski definition) is 5. The molecule has 0 radical (unpaired) electrons. The van der Waals surface area contributed by atoms with Gasteiger partial charge in [0.25, 0.3) is 11.1 Å². The first kappa shape index (κ1) is 24.6. The van der Waals surface area contributed by atoms with Crippen LogP contribution in [0.1, 0.15) is 11.1 Å². The van der Waals surface area contributed by atoms with Crippen LogP contribution < -0.4 is 10.1 Å². The maximum Gasteiger partial charge on any atom is 0.294 e. The minimum absolute atomic E-state index is 0.134. The van der Waals surface area contributed by atoms with Crippen molar-refractivity contribution in [3.8, 4) is 5.75 Å². The van der Waals surface area contributed by atoms with Gasteiger partial charge >= 0.3 is 0 Å². The number of imide groups is 1. The molecule has 6 nitrogen and oxygen atoms in total. The van der Waals surface area contributed by atoms with Gasteiger partial charge in [-0.05, 0) is 78.0 Å². The number of rotatable bonds is 7. The zero-order valence-electron chi connectivity index (χ0n) is 18.0. The molecule has 4 rings (SSSR count). The molecule has 3 aromatic rings. The summed E-state index contributed by atoms with van der Waals surface area (Å²) in [7, 11) is 0. The smallest absolute Gasteiger partial charge is 0.294 e. The Morgan fingerprint density at radius 2 is 1.66 bits per heavy atom. The quantitative estimate of drug-likeness (QED) is 0.361. The lowest BCUT2D eigenvalue weighted by Crippen LogP contribution is -2.36. The molecule has 0 unspecified atom stereocenters. The first-order valence-electron chi connectivity index (χ1n) is 10.3. The minimum Gasteiger partial charge on any atom is -0.488 e. The van der Waals surface area contributed by atoms with Crippen molar-refractivity contribution in [2.24, 2.45) is 0 Å². The molecule has 3 amide bonds. The number of carbonyl (C=O) groups excluding carboxylic acids is 3. The van der Waals surface area contributed by atoms with E-state index in [4.69, 9.17) is 4.74 Å². The van der Waals surface area contributed by atoms with Gasteiger partial charge in [0.15, 0.2) is 0 Å². The fraction of sp³-hybridized carbons (Fsp3) is 0.0800. The number of hydrogen-bond donors (Lipinski definition) is 1. The van der Waals surface area contributed by atoms with Crippen molar-refractivity contribution in [1.29, 1.82) is 0 Å². The van der Waals surface area contributed by atoms with E-state index < -0.39 is 29.4 Å². The van der Waals surface area contributed by atoms with E-state index in [9.17, 15) is 23.2 Å². The number of nitrogens with zero attached hydrogens (tertiary/aromatic N) is 1. The molecule has 35 heavy (non-hydrogen) atoms. The molecule has 0 aliphatic carbocycles. The summed E-state index contributed by atoms with van der Waals surface area (Å²) in [6, 6.07) is 16.2. The molecule has 0 saturated carbocycles. The molecule has 0 bridgehead atoms. The van der Waals surface area contributed by atoms with Crippen LogP contribution in [0.3, 0.4) is 0 Å². The van der Waals surface area contributed by atoms with Gasteiger partial charge in [-0.25, -0.2) is 8.78 Å². The van der Waals surface area contributed by atoms with E-state index >= 15 is 0 Å². The Hall–Kier alpha value is -3.50. The second-order valence-corrected chi connectivity index (χ2v) is 9.33. The first-order valence-corrected chi connectivity index (χ1v) is 11.9. The molecular formula is C25H17BrF2N2O4S. The maximum atomic E-state index is 13.1. The van der Waals surface area contributed by atoms with Gasteiger partial charge < -0.3 is 10.1 Å². The van der Waals surface area contributed by atoms with Crippen molar-refractivity contribution in [3.05, 3.63) is 98.9 Å². The van der Waals surface area contributed by atoms with Crippen LogP contribution in [-0.4, -0.2) is 28.5 Å². The van der Waals surface area contributed by atoms with Gasteiger partial charge in [0.2, 0.25) is 5.91 Å². The van der Waals surface area contributed by atoms with Crippen molar-refractivity contribution in [2.45, 2.75) is 6.61 Å². The van der Waals surface area contributed by atoms with Gasteiger partial charge in [-0.2, -0.15) is 0 Å². The number of halogens is 3. The number of amides is 3. The summed E-state index contributed by atoms with van der Waals surface area (Å²) >= 11 is 4.10. The van der Waals surface area contributed by atoms with Crippen LogP contribution in [0.5, 0.6) is 5.75 Å². The van der Waals surface area contributed by atoms with Crippen LogP contribution in [-0.2, 0) is 16.2 Å². The second-order valence-electron chi connectivity index (χ2n) is 7.42. The molecule has 1 heterocycles. The zero-order chi connectivity index (χ0) is 24.9. The largest absolute Gasteiger partial charge is 0.488 e. The van der Waals surface area contributed by atoms with Crippen LogP contribution in [0, 0.1) is 11.6 Å². The molecule has 0 spiro atoms. The summed E-state index contributed by atoms with van der Waals surface area (Å²) in [4.78, 5) is 38.6. The Bertz CT molecular complexity index is 1310. The Balaban J connectivity index is 1.47. The van der Waals surface area contributed by atoms with E-state index in [-0.39, 0.29) is 17.3 Å². The molecule has 0 atom stereocenters. The summed E-state index contributed by atoms with van der Waals surface area (Å²) in [5, 5.41) is 1.94. The number of anilines is 1. The Labute approximate surface area is 212 Å². The summed E-state index contributed by atoms with van der Waals surface area (Å²) in [6.45, 7) is -0.306. The fourth-order valence-corrected chi connectivity index (χ4v) is 4.37. The Morgan fingerprint density at radius 3 is 2.34 bits per heavy atom. The highest BCUT2D eigenvalue weighted by atomic mass is 79.9. The Morgan fingerprint density at radius 1 is 1.00 bits per heavy atom. The lowest BCUT2D eigenvalue weighted by molar-refractivity contribution is -0.127. The molecular weight excluding hydrogens is 542 g/mol. The topological polar surface area (TPSA) is 75.7 Å². The van der Waals surface area contributed by atoms with Crippen LogP contribution in [0.2, 0.25) is 0 Å². The van der Waals surface area contributed by atoms with Gasteiger partial charge in [0.05, 0.1) is 4.91 Å². The third-order valence-corrected chi connectivity index (χ3v) is 6.27. The molecule has 10 heteroatoms. The second kappa shape index (κ2) is 10.8. The van der Waals surface area contributed by atoms with Crippen LogP contribution >= 0.6 is 27.7 Å². The standard InChI is InChI=1S/C25H17BrF2N2O4S/c26-17-3-10-21(34-14-15-1-4-18(27)5-2-15)16(11-17)12-22-24(32)30(25(33)35-22)13-23(31)29-20-8-6-19(28)7-9-20/h1-12H,13-14H2,(H,29,31)/b22-12-. The highest BCUT2D eigenvalue weighted by Crippen LogP contribution is 2.35. The van der Waals surface area contributed by atoms with Crippen LogP contribution in [0.4, 0.5) is 19.3 Å². The van der Waals surface area contributed by atoms with E-state index in [1.165, 1.54) is 42.5 Å². The van der Waals surface area contributed by atoms with Crippen molar-refractivity contribution >= 4 is 56.5 Å². The first-order chi connectivity index (χ1) is 16.8. The number of nitrogens with one attached hydrogen (secondary N) is 1. The number of ether oxygens (including phenoxy) is 1. The third-order valence-electron chi connectivity index (χ3n) is 4.87. The zero-order valence-corrected chi connectivity index (χ0v) is 20.4. The van der Waals surface area contributed by atoms with Gasteiger partial charge in [-0.1, -0.05) is 28.1 Å². The molecule has 3 aromatic carbocycles. The summed E-state index contributed by atoms with van der Waals surface area (Å²) in [6.07, 6.45) is 1.52. The SMILES string of the molecule is O=C(CN1C(=O)S/C(=C\c2cc(Br)ccc2OCc2ccc(F)cc2)C1=O)Nc1ccc(F)cc1. The molecule has 1 N–H and O–H groups in total. The van der Waals surface area contributed by atoms with Crippen molar-refractivity contribution in [3.63, 3.8) is 0 Å². The average Bonchev–Trinajstić information content (AvgIpc) is 3.08. The maximum absolute atomic E-state index is 13.1. The Kier molecular flexibility index (Phi) is 7.62. The van der Waals surface area contributed by atoms with Gasteiger partial charge in [0, 0.05) is 15.7 Å².